The number of hydrogen-bond donors (Lipinski definition) is 2. The van der Waals surface area contributed by atoms with Crippen molar-refractivity contribution < 1.29 is 0 Å². The fourth-order valence-electron chi connectivity index (χ4n) is 2.66. The fourth-order valence-corrected chi connectivity index (χ4v) is 2.87. The first kappa shape index (κ1) is 12.9. The Balaban J connectivity index is 1.80. The van der Waals surface area contributed by atoms with Crippen LogP contribution in [0.1, 0.15) is 25.7 Å². The summed E-state index contributed by atoms with van der Waals surface area (Å²) in [5.41, 5.74) is 0.463. The maximum atomic E-state index is 11.6. The van der Waals surface area contributed by atoms with Crippen LogP contribution in [0.2, 0.25) is 5.02 Å². The number of nitrogens with one attached hydrogen (secondary N) is 2. The monoisotopic (exact) mass is 282 g/mol. The van der Waals surface area contributed by atoms with Gasteiger partial charge in [0.05, 0.1) is 11.9 Å². The molecule has 104 valence electrons. The second-order valence-electron chi connectivity index (χ2n) is 5.54. The van der Waals surface area contributed by atoms with Crippen LogP contribution in [0, 0.1) is 5.92 Å². The number of H-pyrrole nitrogens is 1. The zero-order chi connectivity index (χ0) is 13.2. The van der Waals surface area contributed by atoms with Gasteiger partial charge >= 0.3 is 0 Å². The first-order valence-electron chi connectivity index (χ1n) is 6.95. The number of aromatic amines is 1. The maximum Gasteiger partial charge on any atom is 0.285 e. The molecule has 0 aromatic carbocycles. The van der Waals surface area contributed by atoms with E-state index in [0.717, 1.165) is 31.2 Å². The number of nitrogens with zero attached hydrogens (tertiary/aromatic N) is 2. The number of halogens is 1. The van der Waals surface area contributed by atoms with Crippen molar-refractivity contribution in [2.45, 2.75) is 31.7 Å². The lowest BCUT2D eigenvalue weighted by Gasteiger charge is -2.28. The van der Waals surface area contributed by atoms with Crippen molar-refractivity contribution in [3.8, 4) is 0 Å². The fraction of sp³-hybridized carbons (Fsp3) is 0.692. The summed E-state index contributed by atoms with van der Waals surface area (Å²) >= 11 is 6.13. The standard InChI is InChI=1S/C13H19ClN4O/c14-12-11(6-16-17-13(12)19)18(7-9-3-4-9)8-10-2-1-5-15-10/h6,9-10,15H,1-5,7-8H2,(H,17,19). The quantitative estimate of drug-likeness (QED) is 0.857. The number of rotatable bonds is 5. The highest BCUT2D eigenvalue weighted by molar-refractivity contribution is 6.32. The van der Waals surface area contributed by atoms with Crippen molar-refractivity contribution in [2.24, 2.45) is 5.92 Å². The van der Waals surface area contributed by atoms with Crippen LogP contribution in [0.15, 0.2) is 11.0 Å². The predicted molar refractivity (Wildman–Crippen MR) is 75.8 cm³/mol. The lowest BCUT2D eigenvalue weighted by atomic mass is 10.2. The zero-order valence-corrected chi connectivity index (χ0v) is 11.6. The second-order valence-corrected chi connectivity index (χ2v) is 5.92. The van der Waals surface area contributed by atoms with E-state index in [1.807, 2.05) is 0 Å². The third-order valence-corrected chi connectivity index (χ3v) is 4.26. The summed E-state index contributed by atoms with van der Waals surface area (Å²) in [5.74, 6) is 0.747. The summed E-state index contributed by atoms with van der Waals surface area (Å²) in [6.07, 6.45) is 6.64. The van der Waals surface area contributed by atoms with Gasteiger partial charge in [0.15, 0.2) is 0 Å². The van der Waals surface area contributed by atoms with E-state index >= 15 is 0 Å². The Labute approximate surface area is 117 Å². The maximum absolute atomic E-state index is 11.6. The topological polar surface area (TPSA) is 61.0 Å². The Morgan fingerprint density at radius 2 is 2.21 bits per heavy atom. The molecule has 1 atom stereocenters. The largest absolute Gasteiger partial charge is 0.367 e. The van der Waals surface area contributed by atoms with Gasteiger partial charge in [0.1, 0.15) is 5.02 Å². The van der Waals surface area contributed by atoms with Gasteiger partial charge in [-0.3, -0.25) is 4.79 Å². The molecule has 0 spiro atoms. The van der Waals surface area contributed by atoms with E-state index in [9.17, 15) is 4.79 Å². The molecule has 2 heterocycles. The minimum atomic E-state index is -0.306. The highest BCUT2D eigenvalue weighted by Gasteiger charge is 2.28. The van der Waals surface area contributed by atoms with Crippen molar-refractivity contribution in [3.63, 3.8) is 0 Å². The molecular weight excluding hydrogens is 264 g/mol. The minimum absolute atomic E-state index is 0.258. The molecule has 0 amide bonds. The zero-order valence-electron chi connectivity index (χ0n) is 10.9. The Morgan fingerprint density at radius 3 is 2.89 bits per heavy atom. The molecule has 2 N–H and O–H groups in total. The first-order chi connectivity index (χ1) is 9.24. The first-order valence-corrected chi connectivity index (χ1v) is 7.33. The molecular formula is C13H19ClN4O. The molecule has 0 bridgehead atoms. The molecule has 1 saturated carbocycles. The van der Waals surface area contributed by atoms with Gasteiger partial charge in [0.2, 0.25) is 0 Å². The van der Waals surface area contributed by atoms with Gasteiger partial charge < -0.3 is 10.2 Å². The van der Waals surface area contributed by atoms with Gasteiger partial charge in [-0.1, -0.05) is 11.6 Å². The van der Waals surface area contributed by atoms with E-state index in [1.54, 1.807) is 6.20 Å². The molecule has 5 nitrogen and oxygen atoms in total. The molecule has 1 aliphatic heterocycles. The third kappa shape index (κ3) is 3.09. The molecule has 1 unspecified atom stereocenters. The van der Waals surface area contributed by atoms with E-state index in [1.165, 1.54) is 25.7 Å². The van der Waals surface area contributed by atoms with Crippen LogP contribution >= 0.6 is 11.6 Å². The summed E-state index contributed by atoms with van der Waals surface area (Å²) in [4.78, 5) is 13.8. The van der Waals surface area contributed by atoms with Crippen LogP contribution in [-0.4, -0.2) is 35.9 Å². The molecule has 3 rings (SSSR count). The SMILES string of the molecule is O=c1[nH]ncc(N(CC2CC2)CC2CCCN2)c1Cl. The van der Waals surface area contributed by atoms with Crippen molar-refractivity contribution in [3.05, 3.63) is 21.6 Å². The highest BCUT2D eigenvalue weighted by Crippen LogP contribution is 2.32. The Hall–Kier alpha value is -1.07. The van der Waals surface area contributed by atoms with Crippen LogP contribution < -0.4 is 15.8 Å². The highest BCUT2D eigenvalue weighted by atomic mass is 35.5. The normalized spacial score (nSPS) is 22.7. The van der Waals surface area contributed by atoms with Crippen molar-refractivity contribution >= 4 is 17.3 Å². The van der Waals surface area contributed by atoms with Crippen LogP contribution in [0.4, 0.5) is 5.69 Å². The molecule has 6 heteroatoms. The summed E-state index contributed by atoms with van der Waals surface area (Å²) < 4.78 is 0. The number of aromatic nitrogens is 2. The smallest absolute Gasteiger partial charge is 0.285 e. The Kier molecular flexibility index (Phi) is 3.75. The average molecular weight is 283 g/mol. The van der Waals surface area contributed by atoms with Gasteiger partial charge in [-0.15, -0.1) is 0 Å². The minimum Gasteiger partial charge on any atom is -0.367 e. The molecule has 1 aromatic rings. The molecule has 2 fully saturated rings. The van der Waals surface area contributed by atoms with Crippen molar-refractivity contribution in [2.75, 3.05) is 24.5 Å². The third-order valence-electron chi connectivity index (χ3n) is 3.90. The van der Waals surface area contributed by atoms with Crippen molar-refractivity contribution in [1.82, 2.24) is 15.5 Å². The van der Waals surface area contributed by atoms with Gasteiger partial charge in [-0.2, -0.15) is 5.10 Å². The van der Waals surface area contributed by atoms with Gasteiger partial charge in [0.25, 0.3) is 5.56 Å². The number of hydrogen-bond acceptors (Lipinski definition) is 4. The molecule has 2 aliphatic rings. The molecule has 1 aromatic heterocycles. The van der Waals surface area contributed by atoms with Crippen LogP contribution in [-0.2, 0) is 0 Å². The number of anilines is 1. The predicted octanol–water partition coefficient (Wildman–Crippen LogP) is 1.39. The summed E-state index contributed by atoms with van der Waals surface area (Å²) in [6, 6.07) is 0.495. The van der Waals surface area contributed by atoms with E-state index in [-0.39, 0.29) is 10.6 Å². The molecule has 19 heavy (non-hydrogen) atoms. The van der Waals surface area contributed by atoms with E-state index in [0.29, 0.717) is 6.04 Å². The van der Waals surface area contributed by atoms with E-state index in [4.69, 9.17) is 11.6 Å². The molecule has 1 saturated heterocycles. The van der Waals surface area contributed by atoms with Gasteiger partial charge in [-0.25, -0.2) is 5.10 Å². The Morgan fingerprint density at radius 1 is 1.37 bits per heavy atom. The van der Waals surface area contributed by atoms with Crippen LogP contribution in [0.5, 0.6) is 0 Å². The average Bonchev–Trinajstić information content (AvgIpc) is 3.06. The van der Waals surface area contributed by atoms with Crippen LogP contribution in [0.25, 0.3) is 0 Å². The summed E-state index contributed by atoms with van der Waals surface area (Å²) in [7, 11) is 0. The Bertz CT molecular complexity index is 494. The molecule has 0 radical (unpaired) electrons. The molecule has 1 aliphatic carbocycles. The lowest BCUT2D eigenvalue weighted by Crippen LogP contribution is -2.39. The summed E-state index contributed by atoms with van der Waals surface area (Å²) in [5, 5.41) is 10.0. The van der Waals surface area contributed by atoms with Crippen molar-refractivity contribution in [1.29, 1.82) is 0 Å². The lowest BCUT2D eigenvalue weighted by molar-refractivity contribution is 0.569. The van der Waals surface area contributed by atoms with E-state index in [2.05, 4.69) is 20.4 Å². The van der Waals surface area contributed by atoms with Gasteiger partial charge in [-0.05, 0) is 38.1 Å². The van der Waals surface area contributed by atoms with Crippen LogP contribution in [0.3, 0.4) is 0 Å². The van der Waals surface area contributed by atoms with E-state index < -0.39 is 0 Å². The summed E-state index contributed by atoms with van der Waals surface area (Å²) in [6.45, 7) is 2.97. The second kappa shape index (κ2) is 5.51. The van der Waals surface area contributed by atoms with Gasteiger partial charge in [0, 0.05) is 19.1 Å².